The van der Waals surface area contributed by atoms with Gasteiger partial charge in [0, 0.05) is 29.8 Å². The van der Waals surface area contributed by atoms with Crippen LogP contribution < -0.4 is 4.90 Å². The van der Waals surface area contributed by atoms with E-state index in [1.807, 2.05) is 30.3 Å². The third kappa shape index (κ3) is 5.67. The number of anilines is 1. The van der Waals surface area contributed by atoms with E-state index >= 15 is 0 Å². The van der Waals surface area contributed by atoms with Crippen molar-refractivity contribution >= 4 is 23.2 Å². The van der Waals surface area contributed by atoms with Gasteiger partial charge < -0.3 is 4.90 Å². The van der Waals surface area contributed by atoms with Gasteiger partial charge in [0.1, 0.15) is 11.6 Å². The molecular weight excluding hydrogens is 498 g/mol. The van der Waals surface area contributed by atoms with Crippen LogP contribution in [0.25, 0.3) is 11.1 Å². The number of hydrogen-bond donors (Lipinski definition) is 0. The fraction of sp³-hybridized carbons (Fsp3) is 0.188. The number of carbonyl (C=O) groups excluding carboxylic acids is 3. The number of halogens is 2. The van der Waals surface area contributed by atoms with Crippen molar-refractivity contribution in [2.75, 3.05) is 11.4 Å². The molecule has 0 unspecified atom stereocenters. The molecule has 0 radical (unpaired) electrons. The van der Waals surface area contributed by atoms with Gasteiger partial charge in [0.2, 0.25) is 5.91 Å². The van der Waals surface area contributed by atoms with E-state index in [2.05, 4.69) is 4.98 Å². The van der Waals surface area contributed by atoms with Crippen LogP contribution in [0.3, 0.4) is 0 Å². The molecule has 2 heterocycles. The Hall–Kier alpha value is -4.52. The Morgan fingerprint density at radius 2 is 1.79 bits per heavy atom. The maximum atomic E-state index is 14.3. The molecule has 1 aromatic heterocycles. The largest absolute Gasteiger partial charge is 0.304 e. The summed E-state index contributed by atoms with van der Waals surface area (Å²) in [5, 5.41) is 0. The van der Waals surface area contributed by atoms with E-state index in [1.54, 1.807) is 30.5 Å². The summed E-state index contributed by atoms with van der Waals surface area (Å²) in [5.74, 6) is -2.16. The lowest BCUT2D eigenvalue weighted by molar-refractivity contribution is -0.122. The summed E-state index contributed by atoms with van der Waals surface area (Å²) < 4.78 is 28.3. The Balaban J connectivity index is 1.49. The zero-order valence-electron chi connectivity index (χ0n) is 21.4. The summed E-state index contributed by atoms with van der Waals surface area (Å²) in [7, 11) is 0. The number of amides is 1. The number of rotatable bonds is 9. The third-order valence-corrected chi connectivity index (χ3v) is 6.99. The van der Waals surface area contributed by atoms with Gasteiger partial charge in [-0.3, -0.25) is 19.4 Å². The number of nitrogens with zero attached hydrogens (tertiary/aromatic N) is 2. The average Bonchev–Trinajstić information content (AvgIpc) is 3.23. The van der Waals surface area contributed by atoms with Crippen molar-refractivity contribution in [1.29, 1.82) is 0 Å². The number of fused-ring (bicyclic) bond motifs is 1. The molecule has 0 bridgehead atoms. The van der Waals surface area contributed by atoms with Gasteiger partial charge in [0.25, 0.3) is 0 Å². The van der Waals surface area contributed by atoms with Gasteiger partial charge in [0.15, 0.2) is 11.6 Å². The Morgan fingerprint density at radius 1 is 0.974 bits per heavy atom. The van der Waals surface area contributed by atoms with Crippen LogP contribution in [0.4, 0.5) is 14.5 Å². The molecular formula is C32H26F2N2O3. The first-order valence-corrected chi connectivity index (χ1v) is 12.7. The van der Waals surface area contributed by atoms with Gasteiger partial charge in [0.05, 0.1) is 24.2 Å². The predicted octanol–water partition coefficient (Wildman–Crippen LogP) is 6.10. The Bertz CT molecular complexity index is 1580. The lowest BCUT2D eigenvalue weighted by Crippen LogP contribution is -2.33. The maximum Gasteiger partial charge on any atom is 0.231 e. The molecule has 1 amide bonds. The molecule has 5 nitrogen and oxygen atoms in total. The lowest BCUT2D eigenvalue weighted by atomic mass is 9.86. The number of hydrogen-bond acceptors (Lipinski definition) is 4. The number of aromatic nitrogens is 1. The number of carbonyl (C=O) groups is 3. The number of ketones is 2. The fourth-order valence-electron chi connectivity index (χ4n) is 5.17. The molecule has 0 spiro atoms. The minimum absolute atomic E-state index is 0.0359. The molecule has 0 saturated carbocycles. The van der Waals surface area contributed by atoms with E-state index in [9.17, 15) is 23.2 Å². The number of benzene rings is 3. The van der Waals surface area contributed by atoms with Gasteiger partial charge in [-0.25, -0.2) is 8.78 Å². The Morgan fingerprint density at radius 3 is 2.59 bits per heavy atom. The molecule has 0 saturated heterocycles. The summed E-state index contributed by atoms with van der Waals surface area (Å²) in [6, 6.07) is 21.4. The van der Waals surface area contributed by atoms with Gasteiger partial charge in [-0.1, -0.05) is 42.5 Å². The van der Waals surface area contributed by atoms with Crippen molar-refractivity contribution < 1.29 is 23.2 Å². The average molecular weight is 525 g/mol. The van der Waals surface area contributed by atoms with Crippen molar-refractivity contribution in [2.45, 2.75) is 32.1 Å². The van der Waals surface area contributed by atoms with Gasteiger partial charge in [-0.15, -0.1) is 0 Å². The molecule has 0 fully saturated rings. The number of Topliss-reactive ketones (excluding diaryl/α,β-unsaturated/α-hetero) is 2. The van der Waals surface area contributed by atoms with Gasteiger partial charge in [-0.05, 0) is 66.4 Å². The van der Waals surface area contributed by atoms with Crippen LogP contribution in [-0.4, -0.2) is 29.0 Å². The second kappa shape index (κ2) is 11.1. The Kier molecular flexibility index (Phi) is 7.41. The smallest absolute Gasteiger partial charge is 0.231 e. The second-order valence-corrected chi connectivity index (χ2v) is 9.75. The van der Waals surface area contributed by atoms with E-state index in [4.69, 9.17) is 0 Å². The first-order chi connectivity index (χ1) is 18.8. The quantitative estimate of drug-likeness (QED) is 0.248. The van der Waals surface area contributed by atoms with Crippen LogP contribution in [0, 0.1) is 11.6 Å². The van der Waals surface area contributed by atoms with Crippen LogP contribution in [0.15, 0.2) is 85.1 Å². The normalized spacial score (nSPS) is 13.3. The molecule has 0 aliphatic carbocycles. The molecule has 0 N–H and O–H groups in total. The SMILES string of the molecule is CC(=O)c1cc(-c2cccnc2[C@@H](CC(=O)CN2C(=O)Cc3ccccc32)Cc2cccc(F)c2)ccc1F. The minimum atomic E-state index is -0.612. The van der Waals surface area contributed by atoms with Crippen LogP contribution in [0.2, 0.25) is 0 Å². The predicted molar refractivity (Wildman–Crippen MR) is 145 cm³/mol. The highest BCUT2D eigenvalue weighted by atomic mass is 19.1. The molecule has 3 aromatic carbocycles. The van der Waals surface area contributed by atoms with Gasteiger partial charge in [-0.2, -0.15) is 0 Å². The summed E-state index contributed by atoms with van der Waals surface area (Å²) in [4.78, 5) is 44.2. The monoisotopic (exact) mass is 524 g/mol. The lowest BCUT2D eigenvalue weighted by Gasteiger charge is -2.22. The van der Waals surface area contributed by atoms with E-state index in [0.29, 0.717) is 28.8 Å². The molecule has 1 aliphatic rings. The van der Waals surface area contributed by atoms with Crippen LogP contribution in [0.5, 0.6) is 0 Å². The summed E-state index contributed by atoms with van der Waals surface area (Å²) >= 11 is 0. The fourth-order valence-corrected chi connectivity index (χ4v) is 5.17. The van der Waals surface area contributed by atoms with Crippen molar-refractivity contribution in [1.82, 2.24) is 4.98 Å². The Labute approximate surface area is 225 Å². The van der Waals surface area contributed by atoms with Crippen molar-refractivity contribution in [3.05, 3.63) is 119 Å². The summed E-state index contributed by atoms with van der Waals surface area (Å²) in [6.07, 6.45) is 2.23. The zero-order chi connectivity index (χ0) is 27.5. The highest BCUT2D eigenvalue weighted by molar-refractivity contribution is 6.05. The van der Waals surface area contributed by atoms with Crippen molar-refractivity contribution in [3.63, 3.8) is 0 Å². The molecule has 5 rings (SSSR count). The zero-order valence-corrected chi connectivity index (χ0v) is 21.4. The van der Waals surface area contributed by atoms with Crippen LogP contribution >= 0.6 is 0 Å². The molecule has 196 valence electrons. The van der Waals surface area contributed by atoms with Crippen molar-refractivity contribution in [2.24, 2.45) is 0 Å². The van der Waals surface area contributed by atoms with E-state index in [1.165, 1.54) is 36.1 Å². The first-order valence-electron chi connectivity index (χ1n) is 12.7. The molecule has 7 heteroatoms. The second-order valence-electron chi connectivity index (χ2n) is 9.75. The van der Waals surface area contributed by atoms with E-state index < -0.39 is 17.5 Å². The topological polar surface area (TPSA) is 67.3 Å². The van der Waals surface area contributed by atoms with Gasteiger partial charge >= 0.3 is 0 Å². The first kappa shape index (κ1) is 26.1. The standard InChI is InChI=1S/C32H26F2N2O3/c1-20(37)28-17-22(11-12-29(28)34)27-9-5-13-35-32(27)24(14-21-6-4-8-25(33)15-21)16-26(38)19-36-30-10-3-2-7-23(30)18-31(36)39/h2-13,15,17,24H,14,16,18-19H2,1H3/t24-/m1/s1. The molecule has 4 aromatic rings. The molecule has 39 heavy (non-hydrogen) atoms. The van der Waals surface area contributed by atoms with Crippen molar-refractivity contribution in [3.8, 4) is 11.1 Å². The highest BCUT2D eigenvalue weighted by Crippen LogP contribution is 2.34. The maximum absolute atomic E-state index is 14.3. The van der Waals surface area contributed by atoms with Crippen LogP contribution in [-0.2, 0) is 22.4 Å². The summed E-state index contributed by atoms with van der Waals surface area (Å²) in [6.45, 7) is 1.22. The molecule has 1 aliphatic heterocycles. The number of para-hydroxylation sites is 1. The van der Waals surface area contributed by atoms with E-state index in [-0.39, 0.29) is 42.5 Å². The van der Waals surface area contributed by atoms with Crippen LogP contribution in [0.1, 0.15) is 46.4 Å². The third-order valence-electron chi connectivity index (χ3n) is 6.99. The minimum Gasteiger partial charge on any atom is -0.304 e. The van der Waals surface area contributed by atoms with E-state index in [0.717, 1.165) is 11.3 Å². The molecule has 1 atom stereocenters. The summed E-state index contributed by atoms with van der Waals surface area (Å²) in [5.41, 5.74) is 4.09. The highest BCUT2D eigenvalue weighted by Gasteiger charge is 2.30. The number of pyridine rings is 1.